The number of fused-ring (bicyclic) bond motifs is 3. The summed E-state index contributed by atoms with van der Waals surface area (Å²) < 4.78 is 5.51. The number of nitrogens with zero attached hydrogens (tertiary/aromatic N) is 1. The number of carbonyl (C=O) groups excluding carboxylic acids is 1. The number of aliphatic carboxylic acids is 1. The van der Waals surface area contributed by atoms with Crippen LogP contribution in [0.4, 0.5) is 0 Å². The van der Waals surface area contributed by atoms with Crippen LogP contribution in [-0.2, 0) is 16.0 Å². The number of carboxylic acids is 1. The predicted molar refractivity (Wildman–Crippen MR) is 101 cm³/mol. The minimum atomic E-state index is -1.01. The van der Waals surface area contributed by atoms with E-state index in [4.69, 9.17) is 4.74 Å². The van der Waals surface area contributed by atoms with E-state index in [0.29, 0.717) is 5.75 Å². The van der Waals surface area contributed by atoms with Gasteiger partial charge in [-0.1, -0.05) is 36.4 Å². The van der Waals surface area contributed by atoms with Crippen molar-refractivity contribution < 1.29 is 19.4 Å². The number of carbonyl (C=O) groups is 2. The molecule has 138 valence electrons. The number of ether oxygens (including phenoxy) is 1. The first-order valence-corrected chi connectivity index (χ1v) is 8.77. The molecule has 3 aromatic rings. The normalized spacial score (nSPS) is 19.0. The second-order valence-corrected chi connectivity index (χ2v) is 6.69. The minimum Gasteiger partial charge on any atom is -0.496 e. The van der Waals surface area contributed by atoms with Crippen molar-refractivity contribution in [1.29, 1.82) is 0 Å². The fourth-order valence-corrected chi connectivity index (χ4v) is 4.09. The van der Waals surface area contributed by atoms with Gasteiger partial charge in [-0.2, -0.15) is 0 Å². The molecule has 0 radical (unpaired) electrons. The summed E-state index contributed by atoms with van der Waals surface area (Å²) in [7, 11) is 1.57. The molecule has 2 N–H and O–H groups in total. The molecular weight excluding hydrogens is 344 g/mol. The molecule has 0 bridgehead atoms. The molecule has 1 aliphatic rings. The standard InChI is InChI=1S/C21H20N2O4/c1-12(24)23-17(21(25)26)11-15-13-7-3-5-9-16(13)22-19(15)20(23)14-8-4-6-10-18(14)27-2/h3-10,17,20,22H,11H2,1-2H3,(H,25,26). The van der Waals surface area contributed by atoms with Crippen LogP contribution in [0.25, 0.3) is 10.9 Å². The maximum absolute atomic E-state index is 12.5. The number of methoxy groups -OCH3 is 1. The Labute approximate surface area is 156 Å². The van der Waals surface area contributed by atoms with E-state index < -0.39 is 18.1 Å². The second kappa shape index (κ2) is 6.46. The monoisotopic (exact) mass is 364 g/mol. The zero-order chi connectivity index (χ0) is 19.1. The first kappa shape index (κ1) is 17.1. The molecule has 27 heavy (non-hydrogen) atoms. The van der Waals surface area contributed by atoms with Crippen molar-refractivity contribution in [2.24, 2.45) is 0 Å². The van der Waals surface area contributed by atoms with E-state index in [2.05, 4.69) is 4.98 Å². The number of para-hydroxylation sites is 2. The van der Waals surface area contributed by atoms with Crippen molar-refractivity contribution in [3.8, 4) is 5.75 Å². The second-order valence-electron chi connectivity index (χ2n) is 6.69. The Morgan fingerprint density at radius 1 is 1.15 bits per heavy atom. The topological polar surface area (TPSA) is 82.6 Å². The van der Waals surface area contributed by atoms with Crippen molar-refractivity contribution >= 4 is 22.8 Å². The number of nitrogens with one attached hydrogen (secondary N) is 1. The molecule has 0 aliphatic carbocycles. The molecule has 2 atom stereocenters. The van der Waals surface area contributed by atoms with Crippen molar-refractivity contribution in [3.05, 3.63) is 65.4 Å². The van der Waals surface area contributed by atoms with Crippen LogP contribution in [-0.4, -0.2) is 40.0 Å². The lowest BCUT2D eigenvalue weighted by molar-refractivity contribution is -0.151. The van der Waals surface area contributed by atoms with Gasteiger partial charge in [-0.05, 0) is 17.7 Å². The van der Waals surface area contributed by atoms with Gasteiger partial charge >= 0.3 is 5.97 Å². The smallest absolute Gasteiger partial charge is 0.326 e. The molecule has 4 rings (SSSR count). The Kier molecular flexibility index (Phi) is 4.11. The number of hydrogen-bond acceptors (Lipinski definition) is 3. The van der Waals surface area contributed by atoms with E-state index in [1.165, 1.54) is 11.8 Å². The van der Waals surface area contributed by atoms with Gasteiger partial charge in [0.15, 0.2) is 0 Å². The van der Waals surface area contributed by atoms with Gasteiger partial charge in [0.2, 0.25) is 5.91 Å². The first-order valence-electron chi connectivity index (χ1n) is 8.77. The van der Waals surface area contributed by atoms with E-state index in [-0.39, 0.29) is 12.3 Å². The Morgan fingerprint density at radius 2 is 1.85 bits per heavy atom. The third-order valence-corrected chi connectivity index (χ3v) is 5.21. The van der Waals surface area contributed by atoms with Crippen LogP contribution in [0.2, 0.25) is 0 Å². The van der Waals surface area contributed by atoms with E-state index in [0.717, 1.165) is 27.7 Å². The van der Waals surface area contributed by atoms with Crippen LogP contribution in [0.5, 0.6) is 5.75 Å². The van der Waals surface area contributed by atoms with Crippen molar-refractivity contribution in [3.63, 3.8) is 0 Å². The molecule has 0 saturated carbocycles. The van der Waals surface area contributed by atoms with E-state index in [1.54, 1.807) is 7.11 Å². The Bertz CT molecular complexity index is 1040. The highest BCUT2D eigenvalue weighted by Crippen LogP contribution is 2.43. The van der Waals surface area contributed by atoms with Crippen LogP contribution in [0.3, 0.4) is 0 Å². The number of carboxylic acid groups (broad SMARTS) is 1. The number of hydrogen-bond donors (Lipinski definition) is 2. The predicted octanol–water partition coefficient (Wildman–Crippen LogP) is 3.12. The van der Waals surface area contributed by atoms with Crippen molar-refractivity contribution in [2.75, 3.05) is 7.11 Å². The van der Waals surface area contributed by atoms with Crippen LogP contribution >= 0.6 is 0 Å². The molecular formula is C21H20N2O4. The molecule has 2 heterocycles. The van der Waals surface area contributed by atoms with Gasteiger partial charge in [0.25, 0.3) is 0 Å². The molecule has 2 aromatic carbocycles. The highest BCUT2D eigenvalue weighted by Gasteiger charge is 2.43. The molecule has 0 spiro atoms. The quantitative estimate of drug-likeness (QED) is 0.748. The third kappa shape index (κ3) is 2.65. The number of benzene rings is 2. The highest BCUT2D eigenvalue weighted by molar-refractivity contribution is 5.90. The Balaban J connectivity index is 2.03. The van der Waals surface area contributed by atoms with Crippen LogP contribution in [0.15, 0.2) is 48.5 Å². The number of amides is 1. The summed E-state index contributed by atoms with van der Waals surface area (Å²) in [5.41, 5.74) is 3.46. The number of aromatic amines is 1. The lowest BCUT2D eigenvalue weighted by Gasteiger charge is -2.40. The molecule has 6 nitrogen and oxygen atoms in total. The van der Waals surface area contributed by atoms with Gasteiger partial charge in [0.05, 0.1) is 7.11 Å². The summed E-state index contributed by atoms with van der Waals surface area (Å²) in [6.07, 6.45) is 0.264. The van der Waals surface area contributed by atoms with E-state index in [1.807, 2.05) is 48.5 Å². The van der Waals surface area contributed by atoms with Crippen LogP contribution < -0.4 is 4.74 Å². The largest absolute Gasteiger partial charge is 0.496 e. The van der Waals surface area contributed by atoms with Crippen molar-refractivity contribution in [2.45, 2.75) is 25.4 Å². The molecule has 0 fully saturated rings. The van der Waals surface area contributed by atoms with Gasteiger partial charge in [-0.15, -0.1) is 0 Å². The van der Waals surface area contributed by atoms with Crippen LogP contribution in [0.1, 0.15) is 29.8 Å². The highest BCUT2D eigenvalue weighted by atomic mass is 16.5. The van der Waals surface area contributed by atoms with Crippen LogP contribution in [0, 0.1) is 0 Å². The van der Waals surface area contributed by atoms with Gasteiger partial charge in [-0.3, -0.25) is 4.79 Å². The zero-order valence-corrected chi connectivity index (χ0v) is 15.1. The third-order valence-electron chi connectivity index (χ3n) is 5.21. The molecule has 6 heteroatoms. The van der Waals surface area contributed by atoms with Gasteiger partial charge in [0, 0.05) is 35.5 Å². The first-order chi connectivity index (χ1) is 13.0. The SMILES string of the molecule is COc1ccccc1C1c2[nH]c3ccccc3c2CC(C(=O)O)N1C(C)=O. The van der Waals surface area contributed by atoms with Gasteiger partial charge < -0.3 is 19.7 Å². The summed E-state index contributed by atoms with van der Waals surface area (Å²) in [5, 5.41) is 10.8. The molecule has 1 aromatic heterocycles. The van der Waals surface area contributed by atoms with E-state index in [9.17, 15) is 14.7 Å². The fraction of sp³-hybridized carbons (Fsp3) is 0.238. The minimum absolute atomic E-state index is 0.264. The Hall–Kier alpha value is -3.28. The maximum atomic E-state index is 12.5. The summed E-state index contributed by atoms with van der Waals surface area (Å²) in [5.74, 6) is -0.687. The average Bonchev–Trinajstić information content (AvgIpc) is 3.04. The summed E-state index contributed by atoms with van der Waals surface area (Å²) in [6, 6.07) is 13.7. The summed E-state index contributed by atoms with van der Waals surface area (Å²) >= 11 is 0. The molecule has 1 amide bonds. The van der Waals surface area contributed by atoms with Gasteiger partial charge in [-0.25, -0.2) is 4.79 Å². The lowest BCUT2D eigenvalue weighted by Crippen LogP contribution is -2.50. The lowest BCUT2D eigenvalue weighted by atomic mass is 9.87. The van der Waals surface area contributed by atoms with Crippen molar-refractivity contribution in [1.82, 2.24) is 9.88 Å². The average molecular weight is 364 g/mol. The van der Waals surface area contributed by atoms with E-state index >= 15 is 0 Å². The maximum Gasteiger partial charge on any atom is 0.326 e. The summed E-state index contributed by atoms with van der Waals surface area (Å²) in [4.78, 5) is 29.4. The summed E-state index contributed by atoms with van der Waals surface area (Å²) in [6.45, 7) is 1.41. The number of H-pyrrole nitrogens is 1. The Morgan fingerprint density at radius 3 is 2.56 bits per heavy atom. The molecule has 0 saturated heterocycles. The molecule has 1 aliphatic heterocycles. The van der Waals surface area contributed by atoms with Gasteiger partial charge in [0.1, 0.15) is 17.8 Å². The number of aromatic nitrogens is 1. The fourth-order valence-electron chi connectivity index (χ4n) is 4.09. The molecule has 2 unspecified atom stereocenters. The number of rotatable bonds is 3. The zero-order valence-electron chi connectivity index (χ0n) is 15.1.